The van der Waals surface area contributed by atoms with Crippen LogP contribution in [0.4, 0.5) is 0 Å². The van der Waals surface area contributed by atoms with Crippen molar-refractivity contribution in [1.82, 2.24) is 5.01 Å². The summed E-state index contributed by atoms with van der Waals surface area (Å²) in [5.41, 5.74) is 2.56. The number of hydrazone groups is 1. The first kappa shape index (κ1) is 16.7. The highest BCUT2D eigenvalue weighted by Gasteiger charge is 2.43. The van der Waals surface area contributed by atoms with Gasteiger partial charge in [0.05, 0.1) is 18.9 Å². The lowest BCUT2D eigenvalue weighted by Crippen LogP contribution is -2.33. The molecule has 0 spiro atoms. The first-order valence-corrected chi connectivity index (χ1v) is 9.20. The van der Waals surface area contributed by atoms with Gasteiger partial charge >= 0.3 is 0 Å². The molecule has 0 bridgehead atoms. The predicted molar refractivity (Wildman–Crippen MR) is 104 cm³/mol. The summed E-state index contributed by atoms with van der Waals surface area (Å²) in [7, 11) is 1.63. The third-order valence-electron chi connectivity index (χ3n) is 5.22. The SMILES string of the molecule is COc1cccc2c1OC(c1ccc(C)o1)N1N=C(c3ccccc3O)CC21. The van der Waals surface area contributed by atoms with E-state index in [1.165, 1.54) is 0 Å². The van der Waals surface area contributed by atoms with E-state index in [9.17, 15) is 5.11 Å². The Kier molecular flexibility index (Phi) is 3.79. The van der Waals surface area contributed by atoms with Crippen molar-refractivity contribution in [3.8, 4) is 17.2 Å². The van der Waals surface area contributed by atoms with E-state index in [0.29, 0.717) is 23.7 Å². The van der Waals surface area contributed by atoms with Crippen LogP contribution in [0.15, 0.2) is 64.1 Å². The van der Waals surface area contributed by atoms with E-state index in [1.54, 1.807) is 19.2 Å². The maximum Gasteiger partial charge on any atom is 0.246 e. The van der Waals surface area contributed by atoms with Crippen molar-refractivity contribution < 1.29 is 19.0 Å². The van der Waals surface area contributed by atoms with Gasteiger partial charge in [0.15, 0.2) is 17.3 Å². The summed E-state index contributed by atoms with van der Waals surface area (Å²) in [6, 6.07) is 16.9. The Morgan fingerprint density at radius 2 is 1.96 bits per heavy atom. The standard InChI is InChI=1S/C22H20N2O4/c1-13-10-11-20(27-13)22-24-17(15-7-5-9-19(26-2)21(15)28-22)12-16(23-24)14-6-3-4-8-18(14)25/h3-11,17,22,25H,12H2,1-2H3. The minimum absolute atomic E-state index is 0.0381. The number of aryl methyl sites for hydroxylation is 1. The number of hydrogen-bond donors (Lipinski definition) is 1. The zero-order chi connectivity index (χ0) is 19.3. The second-order valence-corrected chi connectivity index (χ2v) is 6.96. The van der Waals surface area contributed by atoms with E-state index in [1.807, 2.05) is 54.4 Å². The van der Waals surface area contributed by atoms with Gasteiger partial charge in [0.2, 0.25) is 6.23 Å². The van der Waals surface area contributed by atoms with Gasteiger partial charge < -0.3 is 19.0 Å². The van der Waals surface area contributed by atoms with Gasteiger partial charge in [0.1, 0.15) is 11.5 Å². The van der Waals surface area contributed by atoms with Crippen LogP contribution >= 0.6 is 0 Å². The predicted octanol–water partition coefficient (Wildman–Crippen LogP) is 4.54. The van der Waals surface area contributed by atoms with Gasteiger partial charge in [-0.2, -0.15) is 5.10 Å². The number of phenolic OH excluding ortho intramolecular Hbond substituents is 1. The van der Waals surface area contributed by atoms with Crippen LogP contribution in [0.5, 0.6) is 17.2 Å². The first-order chi connectivity index (χ1) is 13.7. The second-order valence-electron chi connectivity index (χ2n) is 6.96. The molecule has 0 radical (unpaired) electrons. The molecule has 1 aromatic heterocycles. The van der Waals surface area contributed by atoms with Gasteiger partial charge in [-0.1, -0.05) is 24.3 Å². The molecule has 28 heavy (non-hydrogen) atoms. The number of para-hydroxylation sites is 2. The molecule has 0 saturated carbocycles. The van der Waals surface area contributed by atoms with Crippen LogP contribution in [-0.4, -0.2) is 22.9 Å². The number of aromatic hydroxyl groups is 1. The fourth-order valence-electron chi connectivity index (χ4n) is 3.90. The van der Waals surface area contributed by atoms with Crippen molar-refractivity contribution >= 4 is 5.71 Å². The minimum Gasteiger partial charge on any atom is -0.507 e. The molecule has 0 saturated heterocycles. The van der Waals surface area contributed by atoms with Crippen LogP contribution in [0.3, 0.4) is 0 Å². The van der Waals surface area contributed by atoms with Crippen molar-refractivity contribution in [2.75, 3.05) is 7.11 Å². The number of rotatable bonds is 3. The molecule has 3 heterocycles. The smallest absolute Gasteiger partial charge is 0.246 e. The van der Waals surface area contributed by atoms with Crippen molar-refractivity contribution in [3.05, 3.63) is 77.2 Å². The highest BCUT2D eigenvalue weighted by molar-refractivity contribution is 6.04. The lowest BCUT2D eigenvalue weighted by atomic mass is 9.95. The summed E-state index contributed by atoms with van der Waals surface area (Å²) >= 11 is 0. The molecule has 1 N–H and O–H groups in total. The Bertz CT molecular complexity index is 1070. The van der Waals surface area contributed by atoms with E-state index >= 15 is 0 Å². The van der Waals surface area contributed by atoms with Crippen LogP contribution in [0.1, 0.15) is 41.3 Å². The largest absolute Gasteiger partial charge is 0.507 e. The Morgan fingerprint density at radius 3 is 2.71 bits per heavy atom. The van der Waals surface area contributed by atoms with Crippen LogP contribution in [0.25, 0.3) is 0 Å². The van der Waals surface area contributed by atoms with Crippen LogP contribution in [0, 0.1) is 6.92 Å². The number of methoxy groups -OCH3 is 1. The molecule has 3 aromatic rings. The molecule has 6 nitrogen and oxygen atoms in total. The number of furan rings is 1. The molecular weight excluding hydrogens is 356 g/mol. The van der Waals surface area contributed by atoms with Crippen molar-refractivity contribution in [2.24, 2.45) is 5.10 Å². The van der Waals surface area contributed by atoms with Gasteiger partial charge in [-0.25, -0.2) is 5.01 Å². The number of ether oxygens (including phenoxy) is 2. The number of fused-ring (bicyclic) bond motifs is 3. The minimum atomic E-state index is -0.508. The maximum absolute atomic E-state index is 10.3. The van der Waals surface area contributed by atoms with Crippen molar-refractivity contribution in [3.63, 3.8) is 0 Å². The van der Waals surface area contributed by atoms with Crippen LogP contribution < -0.4 is 9.47 Å². The molecular formula is C22H20N2O4. The highest BCUT2D eigenvalue weighted by atomic mass is 16.5. The van der Waals surface area contributed by atoms with E-state index in [4.69, 9.17) is 19.0 Å². The highest BCUT2D eigenvalue weighted by Crippen LogP contribution is 2.51. The summed E-state index contributed by atoms with van der Waals surface area (Å²) in [4.78, 5) is 0. The number of nitrogens with zero attached hydrogens (tertiary/aromatic N) is 2. The third kappa shape index (κ3) is 2.52. The number of benzene rings is 2. The Morgan fingerprint density at radius 1 is 1.11 bits per heavy atom. The molecule has 142 valence electrons. The van der Waals surface area contributed by atoms with Crippen LogP contribution in [0.2, 0.25) is 0 Å². The monoisotopic (exact) mass is 376 g/mol. The molecule has 2 unspecified atom stereocenters. The zero-order valence-corrected chi connectivity index (χ0v) is 15.6. The molecule has 0 aliphatic carbocycles. The van der Waals surface area contributed by atoms with E-state index in [0.717, 1.165) is 22.6 Å². The third-order valence-corrected chi connectivity index (χ3v) is 5.22. The van der Waals surface area contributed by atoms with Gasteiger partial charge in [0, 0.05) is 17.5 Å². The number of hydrogen-bond acceptors (Lipinski definition) is 6. The van der Waals surface area contributed by atoms with Crippen LogP contribution in [-0.2, 0) is 0 Å². The van der Waals surface area contributed by atoms with E-state index < -0.39 is 6.23 Å². The Labute approximate surface area is 162 Å². The van der Waals surface area contributed by atoms with Gasteiger partial charge in [-0.15, -0.1) is 0 Å². The van der Waals surface area contributed by atoms with Gasteiger partial charge in [0.25, 0.3) is 0 Å². The zero-order valence-electron chi connectivity index (χ0n) is 15.6. The second kappa shape index (κ2) is 6.34. The lowest BCUT2D eigenvalue weighted by molar-refractivity contribution is -0.0345. The molecule has 2 atom stereocenters. The summed E-state index contributed by atoms with van der Waals surface area (Å²) in [6.45, 7) is 1.90. The summed E-state index contributed by atoms with van der Waals surface area (Å²) in [6.07, 6.45) is 0.142. The fraction of sp³-hybridized carbons (Fsp3) is 0.227. The maximum atomic E-state index is 10.3. The summed E-state index contributed by atoms with van der Waals surface area (Å²) in [5, 5.41) is 17.0. The first-order valence-electron chi connectivity index (χ1n) is 9.20. The molecule has 2 aliphatic rings. The topological polar surface area (TPSA) is 67.4 Å². The van der Waals surface area contributed by atoms with E-state index in [2.05, 4.69) is 0 Å². The molecule has 0 amide bonds. The van der Waals surface area contributed by atoms with Crippen molar-refractivity contribution in [2.45, 2.75) is 25.6 Å². The lowest BCUT2D eigenvalue weighted by Gasteiger charge is -2.37. The summed E-state index contributed by atoms with van der Waals surface area (Å²) in [5.74, 6) is 3.10. The fourth-order valence-corrected chi connectivity index (χ4v) is 3.90. The molecule has 2 aromatic carbocycles. The summed E-state index contributed by atoms with van der Waals surface area (Å²) < 4.78 is 17.7. The molecule has 5 rings (SSSR count). The normalized spacial score (nSPS) is 20.2. The van der Waals surface area contributed by atoms with Gasteiger partial charge in [-0.05, 0) is 37.3 Å². The van der Waals surface area contributed by atoms with Gasteiger partial charge in [-0.3, -0.25) is 0 Å². The average Bonchev–Trinajstić information content (AvgIpc) is 3.34. The molecule has 2 aliphatic heterocycles. The molecule has 6 heteroatoms. The molecule has 0 fully saturated rings. The Balaban J connectivity index is 1.64. The quantitative estimate of drug-likeness (QED) is 0.727. The van der Waals surface area contributed by atoms with E-state index in [-0.39, 0.29) is 11.8 Å². The number of phenols is 1. The Hall–Kier alpha value is -3.41. The average molecular weight is 376 g/mol. The van der Waals surface area contributed by atoms with Crippen molar-refractivity contribution in [1.29, 1.82) is 0 Å².